The first-order valence-corrected chi connectivity index (χ1v) is 15.0. The van der Waals surface area contributed by atoms with Gasteiger partial charge in [-0.1, -0.05) is 44.0 Å². The fourth-order valence-corrected chi connectivity index (χ4v) is 6.10. The third-order valence-electron chi connectivity index (χ3n) is 7.82. The topological polar surface area (TPSA) is 139 Å². The molecule has 0 radical (unpaired) electrons. The predicted octanol–water partition coefficient (Wildman–Crippen LogP) is 6.51. The summed E-state index contributed by atoms with van der Waals surface area (Å²) in [7, 11) is 1.30. The summed E-state index contributed by atoms with van der Waals surface area (Å²) in [5.74, 6) is -0.282. The molecular formula is C30H35Cl2N5O6. The molecule has 1 aliphatic carbocycles. The molecule has 43 heavy (non-hydrogen) atoms. The van der Waals surface area contributed by atoms with Gasteiger partial charge >= 0.3 is 18.0 Å². The Morgan fingerprint density at radius 2 is 1.86 bits per heavy atom. The Bertz CT molecular complexity index is 1550. The van der Waals surface area contributed by atoms with Gasteiger partial charge < -0.3 is 19.1 Å². The molecule has 230 valence electrons. The molecule has 0 spiro atoms. The highest BCUT2D eigenvalue weighted by Gasteiger charge is 2.37. The zero-order valence-electron chi connectivity index (χ0n) is 24.8. The van der Waals surface area contributed by atoms with E-state index in [2.05, 4.69) is 21.7 Å². The average Bonchev–Trinajstić information content (AvgIpc) is 3.51. The second-order valence-electron chi connectivity index (χ2n) is 11.1. The number of carbonyl (C=O) groups is 3. The molecular weight excluding hydrogens is 597 g/mol. The summed E-state index contributed by atoms with van der Waals surface area (Å²) < 4.78 is 17.7. The number of halogens is 2. The van der Waals surface area contributed by atoms with Crippen LogP contribution in [0.4, 0.5) is 4.79 Å². The standard InChI is InChI=1S/C30H35Cl2N5O6/c1-6-36(11-7-8-23(38)41-5)30(40)43-28-20(15-33)24(29(39)42-25-17(3)12-16(2)13-18(25)4)27-34-26(35-37(27)28)19-9-10-21(31)22(32)14-19/h9-10,14,16-18,25H,6-8,11-13H2,1-5H3,(H,34,35). The molecule has 0 aliphatic heterocycles. The van der Waals surface area contributed by atoms with Gasteiger partial charge in [0.05, 0.1) is 17.2 Å². The van der Waals surface area contributed by atoms with Crippen LogP contribution >= 0.6 is 23.2 Å². The Morgan fingerprint density at radius 3 is 2.47 bits per heavy atom. The number of esters is 2. The molecule has 1 saturated carbocycles. The van der Waals surface area contributed by atoms with E-state index < -0.39 is 18.0 Å². The minimum absolute atomic E-state index is 0.0589. The van der Waals surface area contributed by atoms with Gasteiger partial charge in [-0.15, -0.1) is 0 Å². The van der Waals surface area contributed by atoms with Crippen molar-refractivity contribution in [2.75, 3.05) is 20.2 Å². The van der Waals surface area contributed by atoms with Crippen LogP contribution in [0.2, 0.25) is 10.0 Å². The molecule has 0 bridgehead atoms. The SMILES string of the molecule is CCN(CCCC(=O)OC)C(=O)Oc1c(C#N)c(C(=O)OC2C(C)CC(C)CC2C)c2nc(-c3ccc(Cl)c(Cl)c3)[nH]n12. The van der Waals surface area contributed by atoms with E-state index in [-0.39, 0.29) is 60.1 Å². The van der Waals surface area contributed by atoms with Crippen LogP contribution < -0.4 is 4.74 Å². The number of H-pyrrole nitrogens is 1. The zero-order valence-corrected chi connectivity index (χ0v) is 26.3. The summed E-state index contributed by atoms with van der Waals surface area (Å²) in [5.41, 5.74) is 0.311. The molecule has 13 heteroatoms. The number of nitrogens with zero attached hydrogens (tertiary/aromatic N) is 4. The van der Waals surface area contributed by atoms with E-state index in [1.54, 1.807) is 25.1 Å². The smallest absolute Gasteiger partial charge is 0.416 e. The Morgan fingerprint density at radius 1 is 1.16 bits per heavy atom. The number of amides is 1. The lowest BCUT2D eigenvalue weighted by atomic mass is 9.75. The van der Waals surface area contributed by atoms with Crippen molar-refractivity contribution in [3.8, 4) is 23.3 Å². The van der Waals surface area contributed by atoms with Gasteiger partial charge in [0.25, 0.3) is 0 Å². The van der Waals surface area contributed by atoms with Crippen molar-refractivity contribution in [3.63, 3.8) is 0 Å². The van der Waals surface area contributed by atoms with E-state index in [4.69, 9.17) is 32.7 Å². The summed E-state index contributed by atoms with van der Waals surface area (Å²) in [6.07, 6.45) is 1.18. The van der Waals surface area contributed by atoms with Crippen molar-refractivity contribution in [1.82, 2.24) is 19.5 Å². The third-order valence-corrected chi connectivity index (χ3v) is 8.56. The van der Waals surface area contributed by atoms with Gasteiger partial charge in [0.1, 0.15) is 23.3 Å². The summed E-state index contributed by atoms with van der Waals surface area (Å²) in [4.78, 5) is 44.5. The number of rotatable bonds is 9. The van der Waals surface area contributed by atoms with E-state index >= 15 is 0 Å². The van der Waals surface area contributed by atoms with Gasteiger partial charge in [-0.05, 0) is 62.1 Å². The number of carbonyl (C=O) groups excluding carboxylic acids is 3. The van der Waals surface area contributed by atoms with Crippen molar-refractivity contribution in [2.24, 2.45) is 17.8 Å². The molecule has 3 aromatic rings. The number of hydrogen-bond donors (Lipinski definition) is 1. The maximum atomic E-state index is 13.8. The lowest BCUT2D eigenvalue weighted by molar-refractivity contribution is -0.140. The van der Waals surface area contributed by atoms with E-state index in [1.807, 2.05) is 19.9 Å². The highest BCUT2D eigenvalue weighted by Crippen LogP contribution is 2.37. The van der Waals surface area contributed by atoms with Crippen molar-refractivity contribution >= 4 is 46.9 Å². The first-order valence-electron chi connectivity index (χ1n) is 14.2. The summed E-state index contributed by atoms with van der Waals surface area (Å²) >= 11 is 12.3. The number of nitriles is 1. The van der Waals surface area contributed by atoms with Crippen LogP contribution in [0.5, 0.6) is 5.88 Å². The number of nitrogens with one attached hydrogen (secondary N) is 1. The van der Waals surface area contributed by atoms with Crippen LogP contribution in [-0.2, 0) is 14.3 Å². The van der Waals surface area contributed by atoms with E-state index in [0.717, 1.165) is 12.8 Å². The maximum absolute atomic E-state index is 13.8. The van der Waals surface area contributed by atoms with Crippen molar-refractivity contribution in [2.45, 2.75) is 59.5 Å². The van der Waals surface area contributed by atoms with Gasteiger partial charge in [-0.2, -0.15) is 5.26 Å². The number of aromatic nitrogens is 3. The van der Waals surface area contributed by atoms with Crippen LogP contribution in [0, 0.1) is 29.1 Å². The molecule has 2 unspecified atom stereocenters. The molecule has 11 nitrogen and oxygen atoms in total. The Balaban J connectivity index is 1.74. The quantitative estimate of drug-likeness (QED) is 0.264. The number of hydrogen-bond acceptors (Lipinski definition) is 8. The number of fused-ring (bicyclic) bond motifs is 1. The van der Waals surface area contributed by atoms with Crippen LogP contribution in [0.1, 0.15) is 69.3 Å². The summed E-state index contributed by atoms with van der Waals surface area (Å²) in [5, 5.41) is 13.9. The van der Waals surface area contributed by atoms with Crippen LogP contribution in [0.15, 0.2) is 18.2 Å². The summed E-state index contributed by atoms with van der Waals surface area (Å²) in [6, 6.07) is 6.91. The summed E-state index contributed by atoms with van der Waals surface area (Å²) in [6.45, 7) is 8.53. The van der Waals surface area contributed by atoms with Gasteiger partial charge in [0.15, 0.2) is 11.5 Å². The number of aromatic amines is 1. The molecule has 4 rings (SSSR count). The van der Waals surface area contributed by atoms with Gasteiger partial charge in [-0.25, -0.2) is 19.1 Å². The molecule has 1 N–H and O–H groups in total. The second-order valence-corrected chi connectivity index (χ2v) is 11.9. The minimum Gasteiger partial charge on any atom is -0.469 e. The molecule has 2 atom stereocenters. The maximum Gasteiger partial charge on any atom is 0.416 e. The van der Waals surface area contributed by atoms with E-state index in [9.17, 15) is 19.6 Å². The molecule has 2 aromatic heterocycles. The molecule has 2 heterocycles. The van der Waals surface area contributed by atoms with Crippen molar-refractivity contribution in [1.29, 1.82) is 5.26 Å². The Labute approximate surface area is 260 Å². The third kappa shape index (κ3) is 6.92. The predicted molar refractivity (Wildman–Crippen MR) is 160 cm³/mol. The lowest BCUT2D eigenvalue weighted by Crippen LogP contribution is -2.37. The van der Waals surface area contributed by atoms with Gasteiger partial charge in [0, 0.05) is 25.1 Å². The number of ether oxygens (including phenoxy) is 3. The fourth-order valence-electron chi connectivity index (χ4n) is 5.80. The highest BCUT2D eigenvalue weighted by molar-refractivity contribution is 6.42. The van der Waals surface area contributed by atoms with E-state index in [1.165, 1.54) is 16.5 Å². The van der Waals surface area contributed by atoms with Crippen molar-refractivity contribution in [3.05, 3.63) is 39.4 Å². The first kappa shape index (κ1) is 32.2. The van der Waals surface area contributed by atoms with Gasteiger partial charge in [0.2, 0.25) is 5.88 Å². The van der Waals surface area contributed by atoms with E-state index in [0.29, 0.717) is 33.8 Å². The largest absolute Gasteiger partial charge is 0.469 e. The molecule has 1 fully saturated rings. The highest BCUT2D eigenvalue weighted by atomic mass is 35.5. The van der Waals surface area contributed by atoms with Crippen LogP contribution in [-0.4, -0.2) is 63.8 Å². The lowest BCUT2D eigenvalue weighted by Gasteiger charge is -2.37. The Kier molecular flexibility index (Phi) is 10.2. The first-order chi connectivity index (χ1) is 20.5. The second kappa shape index (κ2) is 13.7. The number of benzene rings is 1. The molecule has 1 aromatic carbocycles. The minimum atomic E-state index is -0.766. The number of methoxy groups -OCH3 is 1. The fraction of sp³-hybridized carbons (Fsp3) is 0.500. The molecule has 0 saturated heterocycles. The van der Waals surface area contributed by atoms with Gasteiger partial charge in [-0.3, -0.25) is 9.89 Å². The Hall–Kier alpha value is -3.75. The average molecular weight is 633 g/mol. The monoisotopic (exact) mass is 631 g/mol. The normalized spacial score (nSPS) is 20.0. The van der Waals surface area contributed by atoms with Crippen LogP contribution in [0.25, 0.3) is 17.0 Å². The van der Waals surface area contributed by atoms with Crippen molar-refractivity contribution < 1.29 is 28.6 Å². The zero-order chi connectivity index (χ0) is 31.4. The molecule has 1 aliphatic rings. The molecule has 1 amide bonds. The van der Waals surface area contributed by atoms with Crippen LogP contribution in [0.3, 0.4) is 0 Å².